The second-order valence-electron chi connectivity index (χ2n) is 2.55. The summed E-state index contributed by atoms with van der Waals surface area (Å²) < 4.78 is 0. The van der Waals surface area contributed by atoms with Crippen LogP contribution in [0.2, 0.25) is 0 Å². The molecule has 0 aliphatic rings. The molecule has 3 heteroatoms. The summed E-state index contributed by atoms with van der Waals surface area (Å²) in [6, 6.07) is 0. The first-order valence-electron chi connectivity index (χ1n) is 4.39. The smallest absolute Gasteiger partial charge is 0.223 e. The Bertz CT molecular complexity index is 134. The molecule has 2 N–H and O–H groups in total. The lowest BCUT2D eigenvalue weighted by Gasteiger charge is -2.03. The molecule has 0 fully saturated rings. The molecular weight excluding hydrogens is 152 g/mol. The Kier molecular flexibility index (Phi) is 7.70. The third-order valence-corrected chi connectivity index (χ3v) is 1.43. The monoisotopic (exact) mass is 170 g/mol. The minimum atomic E-state index is 0.0569. The van der Waals surface area contributed by atoms with Gasteiger partial charge in [-0.1, -0.05) is 13.0 Å². The quantitative estimate of drug-likeness (QED) is 0.436. The van der Waals surface area contributed by atoms with Crippen molar-refractivity contribution in [3.8, 4) is 0 Å². The lowest BCUT2D eigenvalue weighted by Crippen LogP contribution is -2.26. The summed E-state index contributed by atoms with van der Waals surface area (Å²) in [6.45, 7) is 8.25. The highest BCUT2D eigenvalue weighted by Gasteiger charge is 1.94. The summed E-state index contributed by atoms with van der Waals surface area (Å²) >= 11 is 0. The first kappa shape index (κ1) is 11.2. The van der Waals surface area contributed by atoms with Crippen molar-refractivity contribution in [1.29, 1.82) is 0 Å². The van der Waals surface area contributed by atoms with Crippen LogP contribution in [0.15, 0.2) is 12.7 Å². The van der Waals surface area contributed by atoms with Crippen LogP contribution < -0.4 is 10.6 Å². The Hall–Kier alpha value is -0.830. The molecule has 0 aromatic rings. The van der Waals surface area contributed by atoms with E-state index in [1.165, 1.54) is 0 Å². The summed E-state index contributed by atoms with van der Waals surface area (Å²) in [4.78, 5) is 10.9. The molecule has 0 heterocycles. The van der Waals surface area contributed by atoms with E-state index in [4.69, 9.17) is 0 Å². The zero-order valence-electron chi connectivity index (χ0n) is 7.73. The van der Waals surface area contributed by atoms with Crippen LogP contribution in [0.3, 0.4) is 0 Å². The number of carbonyl (C=O) groups is 1. The lowest BCUT2D eigenvalue weighted by atomic mass is 10.3. The van der Waals surface area contributed by atoms with Gasteiger partial charge in [0, 0.05) is 13.0 Å². The number of nitrogens with one attached hydrogen (secondary N) is 2. The first-order valence-corrected chi connectivity index (χ1v) is 4.39. The van der Waals surface area contributed by atoms with Crippen LogP contribution in [0.1, 0.15) is 19.8 Å². The van der Waals surface area contributed by atoms with E-state index >= 15 is 0 Å². The zero-order chi connectivity index (χ0) is 9.23. The molecule has 1 amide bonds. The van der Waals surface area contributed by atoms with Crippen molar-refractivity contribution in [2.75, 3.05) is 19.6 Å². The Morgan fingerprint density at radius 1 is 1.50 bits per heavy atom. The van der Waals surface area contributed by atoms with Crippen LogP contribution in [0.4, 0.5) is 0 Å². The van der Waals surface area contributed by atoms with Gasteiger partial charge in [0.1, 0.15) is 0 Å². The summed E-state index contributed by atoms with van der Waals surface area (Å²) in [6.07, 6.45) is 3.01. The molecule has 0 saturated heterocycles. The SMILES string of the molecule is C=CCC(=O)NCCCNCC. The number of hydrogen-bond donors (Lipinski definition) is 2. The van der Waals surface area contributed by atoms with E-state index in [0.29, 0.717) is 6.42 Å². The lowest BCUT2D eigenvalue weighted by molar-refractivity contribution is -0.120. The predicted molar refractivity (Wildman–Crippen MR) is 51.0 cm³/mol. The van der Waals surface area contributed by atoms with Crippen molar-refractivity contribution in [3.63, 3.8) is 0 Å². The fraction of sp³-hybridized carbons (Fsp3) is 0.667. The molecular formula is C9H18N2O. The second kappa shape index (κ2) is 8.27. The molecule has 0 aromatic heterocycles. The van der Waals surface area contributed by atoms with E-state index in [9.17, 15) is 4.79 Å². The maximum absolute atomic E-state index is 10.9. The molecule has 12 heavy (non-hydrogen) atoms. The number of amides is 1. The average molecular weight is 170 g/mol. The second-order valence-corrected chi connectivity index (χ2v) is 2.55. The molecule has 70 valence electrons. The van der Waals surface area contributed by atoms with Gasteiger partial charge in [-0.2, -0.15) is 0 Å². The van der Waals surface area contributed by atoms with Gasteiger partial charge in [-0.25, -0.2) is 0 Å². The third-order valence-electron chi connectivity index (χ3n) is 1.43. The van der Waals surface area contributed by atoms with Crippen molar-refractivity contribution in [2.45, 2.75) is 19.8 Å². The number of rotatable bonds is 7. The Morgan fingerprint density at radius 3 is 2.83 bits per heavy atom. The fourth-order valence-corrected chi connectivity index (χ4v) is 0.821. The average Bonchev–Trinajstić information content (AvgIpc) is 2.05. The van der Waals surface area contributed by atoms with Crippen molar-refractivity contribution >= 4 is 5.91 Å². The van der Waals surface area contributed by atoms with Gasteiger partial charge in [0.15, 0.2) is 0 Å². The highest BCUT2D eigenvalue weighted by atomic mass is 16.1. The highest BCUT2D eigenvalue weighted by Crippen LogP contribution is 1.80. The minimum Gasteiger partial charge on any atom is -0.356 e. The molecule has 0 aromatic carbocycles. The maximum atomic E-state index is 10.9. The van der Waals surface area contributed by atoms with E-state index in [1.54, 1.807) is 6.08 Å². The Balaban J connectivity index is 3.08. The van der Waals surface area contributed by atoms with Crippen molar-refractivity contribution < 1.29 is 4.79 Å². The van der Waals surface area contributed by atoms with Gasteiger partial charge in [0.25, 0.3) is 0 Å². The van der Waals surface area contributed by atoms with Gasteiger partial charge in [-0.05, 0) is 19.5 Å². The van der Waals surface area contributed by atoms with E-state index in [2.05, 4.69) is 24.1 Å². The molecule has 0 spiro atoms. The van der Waals surface area contributed by atoms with Gasteiger partial charge in [0.05, 0.1) is 0 Å². The van der Waals surface area contributed by atoms with Gasteiger partial charge < -0.3 is 10.6 Å². The molecule has 0 aliphatic heterocycles. The van der Waals surface area contributed by atoms with Crippen molar-refractivity contribution in [2.24, 2.45) is 0 Å². The minimum absolute atomic E-state index is 0.0569. The first-order chi connectivity index (χ1) is 5.81. The summed E-state index contributed by atoms with van der Waals surface area (Å²) in [5.74, 6) is 0.0569. The van der Waals surface area contributed by atoms with Crippen molar-refractivity contribution in [1.82, 2.24) is 10.6 Å². The number of hydrogen-bond acceptors (Lipinski definition) is 2. The van der Waals surface area contributed by atoms with Crippen LogP contribution >= 0.6 is 0 Å². The normalized spacial score (nSPS) is 9.42. The van der Waals surface area contributed by atoms with E-state index in [0.717, 1.165) is 26.1 Å². The summed E-state index contributed by atoms with van der Waals surface area (Å²) in [5, 5.41) is 5.97. The third kappa shape index (κ3) is 7.28. The molecule has 0 bridgehead atoms. The highest BCUT2D eigenvalue weighted by molar-refractivity contribution is 5.77. The molecule has 0 unspecified atom stereocenters. The van der Waals surface area contributed by atoms with Gasteiger partial charge in [-0.3, -0.25) is 4.79 Å². The fourth-order valence-electron chi connectivity index (χ4n) is 0.821. The number of carbonyl (C=O) groups excluding carboxylic acids is 1. The van der Waals surface area contributed by atoms with E-state index in [-0.39, 0.29) is 5.91 Å². The van der Waals surface area contributed by atoms with Crippen LogP contribution in [-0.2, 0) is 4.79 Å². The Labute approximate surface area is 74.2 Å². The molecule has 3 nitrogen and oxygen atoms in total. The molecule has 0 atom stereocenters. The molecule has 0 radical (unpaired) electrons. The zero-order valence-corrected chi connectivity index (χ0v) is 7.73. The van der Waals surface area contributed by atoms with E-state index < -0.39 is 0 Å². The molecule has 0 rings (SSSR count). The van der Waals surface area contributed by atoms with Crippen LogP contribution in [-0.4, -0.2) is 25.5 Å². The van der Waals surface area contributed by atoms with Crippen LogP contribution in [0, 0.1) is 0 Å². The summed E-state index contributed by atoms with van der Waals surface area (Å²) in [5.41, 5.74) is 0. The largest absolute Gasteiger partial charge is 0.356 e. The predicted octanol–water partition coefficient (Wildman–Crippen LogP) is 0.678. The van der Waals surface area contributed by atoms with Crippen LogP contribution in [0.25, 0.3) is 0 Å². The maximum Gasteiger partial charge on any atom is 0.223 e. The molecule has 0 aliphatic carbocycles. The van der Waals surface area contributed by atoms with Gasteiger partial charge in [0.2, 0.25) is 5.91 Å². The standard InChI is InChI=1S/C9H18N2O/c1-3-6-9(12)11-8-5-7-10-4-2/h3,10H,1,4-8H2,2H3,(H,11,12). The Morgan fingerprint density at radius 2 is 2.25 bits per heavy atom. The van der Waals surface area contributed by atoms with Crippen molar-refractivity contribution in [3.05, 3.63) is 12.7 Å². The molecule has 0 saturated carbocycles. The summed E-state index contributed by atoms with van der Waals surface area (Å²) in [7, 11) is 0. The van der Waals surface area contributed by atoms with Gasteiger partial charge in [-0.15, -0.1) is 6.58 Å². The van der Waals surface area contributed by atoms with E-state index in [1.807, 2.05) is 0 Å². The van der Waals surface area contributed by atoms with Crippen LogP contribution in [0.5, 0.6) is 0 Å². The van der Waals surface area contributed by atoms with Gasteiger partial charge >= 0.3 is 0 Å². The topological polar surface area (TPSA) is 41.1 Å².